The summed E-state index contributed by atoms with van der Waals surface area (Å²) in [6.07, 6.45) is 8.40. The molecule has 0 saturated heterocycles. The van der Waals surface area contributed by atoms with Crippen LogP contribution < -0.4 is 0 Å². The fraction of sp³-hybridized carbons (Fsp3) is 0.889. The summed E-state index contributed by atoms with van der Waals surface area (Å²) in [6, 6.07) is 0. The van der Waals surface area contributed by atoms with E-state index in [-0.39, 0.29) is 0 Å². The minimum absolute atomic E-state index is 0.460. The molecular formula is C9H16S. The molecule has 4 atom stereocenters. The standard InChI is InChI=1S/C9H16S/c1-10(2)9-6-7-3-4-8(9)5-7/h7-9H,1,3-6H2,2H3. The van der Waals surface area contributed by atoms with Crippen molar-refractivity contribution in [3.8, 4) is 0 Å². The van der Waals surface area contributed by atoms with Crippen LogP contribution in [0.15, 0.2) is 0 Å². The van der Waals surface area contributed by atoms with E-state index in [1.165, 1.54) is 25.7 Å². The normalized spacial score (nSPS) is 47.9. The molecule has 10 heavy (non-hydrogen) atoms. The van der Waals surface area contributed by atoms with Crippen molar-refractivity contribution < 1.29 is 0 Å². The lowest BCUT2D eigenvalue weighted by Gasteiger charge is -2.22. The van der Waals surface area contributed by atoms with Crippen molar-refractivity contribution in [1.29, 1.82) is 0 Å². The molecule has 0 N–H and O–H groups in total. The van der Waals surface area contributed by atoms with Gasteiger partial charge in [-0.1, -0.05) is 12.3 Å². The summed E-state index contributed by atoms with van der Waals surface area (Å²) < 4.78 is 0. The van der Waals surface area contributed by atoms with E-state index in [0.717, 1.165) is 17.1 Å². The van der Waals surface area contributed by atoms with Gasteiger partial charge in [0.2, 0.25) is 0 Å². The van der Waals surface area contributed by atoms with Crippen molar-refractivity contribution in [2.75, 3.05) is 6.26 Å². The Hall–Kier alpha value is 0.220. The summed E-state index contributed by atoms with van der Waals surface area (Å²) in [4.78, 5) is 0. The third-order valence-electron chi connectivity index (χ3n) is 3.19. The Kier molecular flexibility index (Phi) is 1.63. The van der Waals surface area contributed by atoms with Crippen LogP contribution in [-0.2, 0) is 0 Å². The Labute approximate surface area is 65.9 Å². The van der Waals surface area contributed by atoms with Gasteiger partial charge in [0.25, 0.3) is 0 Å². The lowest BCUT2D eigenvalue weighted by Crippen LogP contribution is -2.13. The second kappa shape index (κ2) is 2.37. The minimum Gasteiger partial charge on any atom is -0.193 e. The highest BCUT2D eigenvalue weighted by Crippen LogP contribution is 2.50. The van der Waals surface area contributed by atoms with E-state index in [0.29, 0.717) is 10.5 Å². The first kappa shape index (κ1) is 6.90. The summed E-state index contributed by atoms with van der Waals surface area (Å²) in [5, 5.41) is 1.01. The highest BCUT2D eigenvalue weighted by molar-refractivity contribution is 8.14. The third-order valence-corrected chi connectivity index (χ3v) is 4.80. The van der Waals surface area contributed by atoms with Gasteiger partial charge < -0.3 is 0 Å². The molecule has 0 aliphatic heterocycles. The molecule has 1 heteroatoms. The Bertz CT molecular complexity index is 162. The van der Waals surface area contributed by atoms with Gasteiger partial charge in [0, 0.05) is 5.25 Å². The van der Waals surface area contributed by atoms with E-state index in [4.69, 9.17) is 0 Å². The maximum atomic E-state index is 4.17. The zero-order valence-corrected chi connectivity index (χ0v) is 7.49. The topological polar surface area (TPSA) is 0 Å². The molecule has 0 radical (unpaired) electrons. The third kappa shape index (κ3) is 0.952. The fourth-order valence-electron chi connectivity index (χ4n) is 2.68. The van der Waals surface area contributed by atoms with Gasteiger partial charge in [0.15, 0.2) is 0 Å². The summed E-state index contributed by atoms with van der Waals surface area (Å²) in [5.74, 6) is 6.35. The van der Waals surface area contributed by atoms with E-state index in [2.05, 4.69) is 12.1 Å². The zero-order chi connectivity index (χ0) is 7.14. The van der Waals surface area contributed by atoms with E-state index < -0.39 is 0 Å². The first-order chi connectivity index (χ1) is 4.77. The van der Waals surface area contributed by atoms with Gasteiger partial charge in [-0.05, 0) is 37.4 Å². The number of fused-ring (bicyclic) bond motifs is 2. The van der Waals surface area contributed by atoms with Gasteiger partial charge in [-0.15, -0.1) is 0 Å². The van der Waals surface area contributed by atoms with Gasteiger partial charge in [0.05, 0.1) is 0 Å². The predicted molar refractivity (Wildman–Crippen MR) is 49.9 cm³/mol. The van der Waals surface area contributed by atoms with Crippen LogP contribution in [0.2, 0.25) is 0 Å². The van der Waals surface area contributed by atoms with Crippen molar-refractivity contribution in [3.05, 3.63) is 0 Å². The molecule has 2 fully saturated rings. The molecule has 2 rings (SSSR count). The maximum Gasteiger partial charge on any atom is 0.00204 e. The van der Waals surface area contributed by atoms with Crippen LogP contribution >= 0.6 is 10.5 Å². The molecule has 2 saturated carbocycles. The SMILES string of the molecule is C=S(C)C1CC2CCC1C2. The van der Waals surface area contributed by atoms with E-state index in [1.54, 1.807) is 0 Å². The number of hydrogen-bond donors (Lipinski definition) is 0. The molecule has 0 spiro atoms. The number of hydrogen-bond acceptors (Lipinski definition) is 0. The molecule has 2 aliphatic carbocycles. The van der Waals surface area contributed by atoms with Crippen LogP contribution in [0.25, 0.3) is 0 Å². The summed E-state index contributed by atoms with van der Waals surface area (Å²) in [7, 11) is 0.460. The minimum atomic E-state index is 0.460. The van der Waals surface area contributed by atoms with Crippen molar-refractivity contribution in [3.63, 3.8) is 0 Å². The Balaban J connectivity index is 2.08. The average Bonchev–Trinajstić information content (AvgIpc) is 2.44. The van der Waals surface area contributed by atoms with Crippen LogP contribution in [0.4, 0.5) is 0 Å². The first-order valence-corrected chi connectivity index (χ1v) is 6.08. The van der Waals surface area contributed by atoms with Gasteiger partial charge in [-0.2, -0.15) is 10.5 Å². The van der Waals surface area contributed by atoms with Crippen molar-refractivity contribution >= 4 is 16.4 Å². The summed E-state index contributed by atoms with van der Waals surface area (Å²) in [6.45, 7) is 0. The van der Waals surface area contributed by atoms with Crippen LogP contribution in [0.1, 0.15) is 25.7 Å². The van der Waals surface area contributed by atoms with E-state index in [9.17, 15) is 0 Å². The van der Waals surface area contributed by atoms with E-state index >= 15 is 0 Å². The Morgan fingerprint density at radius 2 is 2.10 bits per heavy atom. The second-order valence-corrected chi connectivity index (χ2v) is 5.89. The highest BCUT2D eigenvalue weighted by Gasteiger charge is 2.39. The molecule has 2 aliphatic rings. The van der Waals surface area contributed by atoms with E-state index in [1.807, 2.05) is 0 Å². The highest BCUT2D eigenvalue weighted by atomic mass is 32.2. The van der Waals surface area contributed by atoms with Crippen LogP contribution in [0.3, 0.4) is 0 Å². The summed E-state index contributed by atoms with van der Waals surface area (Å²) in [5.41, 5.74) is 0. The fourth-order valence-corrected chi connectivity index (χ4v) is 4.18. The molecule has 0 amide bonds. The first-order valence-electron chi connectivity index (χ1n) is 4.22. The lowest BCUT2D eigenvalue weighted by atomic mass is 10.0. The molecular weight excluding hydrogens is 140 g/mol. The Morgan fingerprint density at radius 1 is 1.30 bits per heavy atom. The lowest BCUT2D eigenvalue weighted by molar-refractivity contribution is 0.492. The van der Waals surface area contributed by atoms with Gasteiger partial charge in [-0.25, -0.2) is 0 Å². The smallest absolute Gasteiger partial charge is 0.00204 e. The van der Waals surface area contributed by atoms with Gasteiger partial charge in [-0.3, -0.25) is 0 Å². The molecule has 0 aromatic rings. The molecule has 0 aromatic heterocycles. The summed E-state index contributed by atoms with van der Waals surface area (Å²) >= 11 is 0. The van der Waals surface area contributed by atoms with Crippen LogP contribution in [0, 0.1) is 11.8 Å². The molecule has 0 nitrogen and oxygen atoms in total. The molecule has 2 bridgehead atoms. The van der Waals surface area contributed by atoms with Gasteiger partial charge in [0.1, 0.15) is 0 Å². The molecule has 4 unspecified atom stereocenters. The van der Waals surface area contributed by atoms with Crippen LogP contribution in [-0.4, -0.2) is 17.4 Å². The predicted octanol–water partition coefficient (Wildman–Crippen LogP) is 2.51. The second-order valence-electron chi connectivity index (χ2n) is 3.90. The van der Waals surface area contributed by atoms with Crippen LogP contribution in [0.5, 0.6) is 0 Å². The van der Waals surface area contributed by atoms with Crippen molar-refractivity contribution in [2.45, 2.75) is 30.9 Å². The maximum absolute atomic E-state index is 4.17. The van der Waals surface area contributed by atoms with Crippen molar-refractivity contribution in [2.24, 2.45) is 11.8 Å². The quantitative estimate of drug-likeness (QED) is 0.512. The largest absolute Gasteiger partial charge is 0.193 e. The Morgan fingerprint density at radius 3 is 2.40 bits per heavy atom. The molecule has 0 heterocycles. The van der Waals surface area contributed by atoms with Gasteiger partial charge >= 0.3 is 0 Å². The van der Waals surface area contributed by atoms with Crippen molar-refractivity contribution in [1.82, 2.24) is 0 Å². The average molecular weight is 156 g/mol. The monoisotopic (exact) mass is 156 g/mol. The molecule has 0 aromatic carbocycles. The zero-order valence-electron chi connectivity index (χ0n) is 6.68. The molecule has 58 valence electrons. The number of rotatable bonds is 1.